The van der Waals surface area contributed by atoms with Crippen molar-refractivity contribution >= 4 is 47.6 Å². The fourth-order valence-corrected chi connectivity index (χ4v) is 1.09. The fraction of sp³-hybridized carbons (Fsp3) is 0.125. The van der Waals surface area contributed by atoms with E-state index in [2.05, 4.69) is 10.3 Å². The quantitative estimate of drug-likeness (QED) is 0.620. The van der Waals surface area contributed by atoms with Crippen molar-refractivity contribution in [2.75, 3.05) is 12.4 Å². The molecule has 0 unspecified atom stereocenters. The van der Waals surface area contributed by atoms with Gasteiger partial charge in [0, 0.05) is 12.1 Å². The van der Waals surface area contributed by atoms with Crippen molar-refractivity contribution in [1.29, 1.82) is 0 Å². The number of halogens is 3. The predicted molar refractivity (Wildman–Crippen MR) is 61.7 cm³/mol. The van der Waals surface area contributed by atoms with Crippen LogP contribution in [0.25, 0.3) is 0 Å². The maximum atomic E-state index is 5.85. The molecule has 0 radical (unpaired) electrons. The molecule has 0 aliphatic heterocycles. The molecule has 0 aliphatic rings. The third kappa shape index (κ3) is 3.85. The Hall–Kier alpha value is -0.440. The zero-order valence-corrected chi connectivity index (χ0v) is 9.25. The van der Waals surface area contributed by atoms with Crippen LogP contribution >= 0.6 is 35.6 Å². The maximum absolute atomic E-state index is 5.85. The highest BCUT2D eigenvalue weighted by atomic mass is 35.5. The highest BCUT2D eigenvalue weighted by molar-refractivity contribution is 6.35. The van der Waals surface area contributed by atoms with Crippen molar-refractivity contribution in [3.8, 4) is 0 Å². The molecule has 0 fully saturated rings. The first-order chi connectivity index (χ1) is 5.74. The van der Waals surface area contributed by atoms with Crippen molar-refractivity contribution in [2.45, 2.75) is 0 Å². The number of nitrogens with one attached hydrogen (secondary N) is 1. The zero-order valence-electron chi connectivity index (χ0n) is 6.92. The van der Waals surface area contributed by atoms with E-state index in [1.807, 2.05) is 0 Å². The van der Waals surface area contributed by atoms with Crippen LogP contribution in [0.15, 0.2) is 23.2 Å². The molecule has 0 heterocycles. The van der Waals surface area contributed by atoms with E-state index >= 15 is 0 Å². The van der Waals surface area contributed by atoms with E-state index < -0.39 is 0 Å². The standard InChI is InChI=1S/C8H8Cl2N2.ClH/c1-11-5-12-8-4-6(9)2-3-7(8)10;/h2-5H,1H3,(H,11,12);1H. The van der Waals surface area contributed by atoms with Gasteiger partial charge in [-0.15, -0.1) is 12.4 Å². The molecule has 13 heavy (non-hydrogen) atoms. The molecule has 0 aromatic heterocycles. The number of hydrogen-bond donors (Lipinski definition) is 1. The highest BCUT2D eigenvalue weighted by Gasteiger charge is 1.97. The highest BCUT2D eigenvalue weighted by Crippen LogP contribution is 2.24. The summed E-state index contributed by atoms with van der Waals surface area (Å²) in [5, 5.41) is 4.16. The van der Waals surface area contributed by atoms with E-state index in [1.165, 1.54) is 0 Å². The molecule has 1 rings (SSSR count). The van der Waals surface area contributed by atoms with Crippen LogP contribution in [-0.2, 0) is 0 Å². The Morgan fingerprint density at radius 3 is 2.69 bits per heavy atom. The Kier molecular flexibility index (Phi) is 5.88. The van der Waals surface area contributed by atoms with E-state index in [0.29, 0.717) is 10.0 Å². The van der Waals surface area contributed by atoms with Gasteiger partial charge in [-0.3, -0.25) is 4.99 Å². The van der Waals surface area contributed by atoms with Crippen LogP contribution in [-0.4, -0.2) is 13.4 Å². The molecule has 2 nitrogen and oxygen atoms in total. The van der Waals surface area contributed by atoms with Crippen molar-refractivity contribution in [1.82, 2.24) is 0 Å². The maximum Gasteiger partial charge on any atom is 0.0864 e. The molecule has 0 saturated heterocycles. The van der Waals surface area contributed by atoms with E-state index in [1.54, 1.807) is 31.6 Å². The van der Waals surface area contributed by atoms with Gasteiger partial charge in [0.1, 0.15) is 0 Å². The Bertz CT molecular complexity index is 299. The predicted octanol–water partition coefficient (Wildman–Crippen LogP) is 3.49. The van der Waals surface area contributed by atoms with E-state index in [9.17, 15) is 0 Å². The molecule has 0 aliphatic carbocycles. The van der Waals surface area contributed by atoms with E-state index in [0.717, 1.165) is 5.69 Å². The average Bonchev–Trinajstić information content (AvgIpc) is 2.07. The SMILES string of the molecule is CN=CNc1cc(Cl)ccc1Cl.Cl. The second-order valence-electron chi connectivity index (χ2n) is 2.16. The van der Waals surface area contributed by atoms with Gasteiger partial charge in [0.2, 0.25) is 0 Å². The molecular weight excluding hydrogens is 230 g/mol. The van der Waals surface area contributed by atoms with Crippen molar-refractivity contribution < 1.29 is 0 Å². The van der Waals surface area contributed by atoms with Gasteiger partial charge in [0.05, 0.1) is 17.0 Å². The molecule has 1 N–H and O–H groups in total. The van der Waals surface area contributed by atoms with Gasteiger partial charge in [-0.1, -0.05) is 23.2 Å². The average molecular weight is 240 g/mol. The van der Waals surface area contributed by atoms with Crippen LogP contribution in [0.3, 0.4) is 0 Å². The van der Waals surface area contributed by atoms with Gasteiger partial charge in [-0.05, 0) is 18.2 Å². The lowest BCUT2D eigenvalue weighted by atomic mass is 10.3. The summed E-state index contributed by atoms with van der Waals surface area (Å²) in [5.74, 6) is 0. The van der Waals surface area contributed by atoms with Gasteiger partial charge in [-0.25, -0.2) is 0 Å². The monoisotopic (exact) mass is 238 g/mol. The van der Waals surface area contributed by atoms with Crippen molar-refractivity contribution in [3.63, 3.8) is 0 Å². The van der Waals surface area contributed by atoms with Crippen molar-refractivity contribution in [2.24, 2.45) is 4.99 Å². The Morgan fingerprint density at radius 1 is 1.38 bits per heavy atom. The molecule has 0 atom stereocenters. The molecule has 1 aromatic rings. The molecule has 0 bridgehead atoms. The Labute approximate surface area is 93.4 Å². The van der Waals surface area contributed by atoms with Gasteiger partial charge < -0.3 is 5.32 Å². The topological polar surface area (TPSA) is 24.4 Å². The van der Waals surface area contributed by atoms with Crippen LogP contribution in [0, 0.1) is 0 Å². The minimum Gasteiger partial charge on any atom is -0.345 e. The Balaban J connectivity index is 0.00000144. The first-order valence-electron chi connectivity index (χ1n) is 3.36. The minimum absolute atomic E-state index is 0. The lowest BCUT2D eigenvalue weighted by Crippen LogP contribution is -1.94. The zero-order chi connectivity index (χ0) is 8.97. The van der Waals surface area contributed by atoms with Crippen molar-refractivity contribution in [3.05, 3.63) is 28.2 Å². The number of nitrogens with zero attached hydrogens (tertiary/aromatic N) is 1. The van der Waals surface area contributed by atoms with E-state index in [4.69, 9.17) is 23.2 Å². The summed E-state index contributed by atoms with van der Waals surface area (Å²) in [6.07, 6.45) is 1.55. The number of rotatable bonds is 2. The number of aliphatic imine (C=N–C) groups is 1. The third-order valence-electron chi connectivity index (χ3n) is 1.28. The normalized spacial score (nSPS) is 9.77. The van der Waals surface area contributed by atoms with Crippen LogP contribution in [0.4, 0.5) is 5.69 Å². The molecule has 5 heteroatoms. The van der Waals surface area contributed by atoms with Gasteiger partial charge in [0.15, 0.2) is 0 Å². The van der Waals surface area contributed by atoms with Gasteiger partial charge in [-0.2, -0.15) is 0 Å². The van der Waals surface area contributed by atoms with Crippen LogP contribution in [0.2, 0.25) is 10.0 Å². The first kappa shape index (κ1) is 12.6. The smallest absolute Gasteiger partial charge is 0.0864 e. The second-order valence-corrected chi connectivity index (χ2v) is 3.00. The largest absolute Gasteiger partial charge is 0.345 e. The van der Waals surface area contributed by atoms with Crippen LogP contribution in [0.5, 0.6) is 0 Å². The first-order valence-corrected chi connectivity index (χ1v) is 4.12. The number of hydrogen-bond acceptors (Lipinski definition) is 1. The Morgan fingerprint density at radius 2 is 2.08 bits per heavy atom. The summed E-state index contributed by atoms with van der Waals surface area (Å²) in [6.45, 7) is 0. The summed E-state index contributed by atoms with van der Waals surface area (Å²) in [6, 6.07) is 5.21. The number of benzene rings is 1. The molecule has 1 aromatic carbocycles. The fourth-order valence-electron chi connectivity index (χ4n) is 0.742. The van der Waals surface area contributed by atoms with Gasteiger partial charge >= 0.3 is 0 Å². The lowest BCUT2D eigenvalue weighted by Gasteiger charge is -2.02. The van der Waals surface area contributed by atoms with Crippen LogP contribution < -0.4 is 5.32 Å². The molecule has 0 amide bonds. The summed E-state index contributed by atoms with van der Waals surface area (Å²) < 4.78 is 0. The molecule has 0 spiro atoms. The summed E-state index contributed by atoms with van der Waals surface area (Å²) in [4.78, 5) is 3.76. The third-order valence-corrected chi connectivity index (χ3v) is 1.84. The molecule has 72 valence electrons. The molecule has 0 saturated carbocycles. The second kappa shape index (κ2) is 6.08. The minimum atomic E-state index is 0. The summed E-state index contributed by atoms with van der Waals surface area (Å²) in [7, 11) is 1.67. The lowest BCUT2D eigenvalue weighted by molar-refractivity contribution is 1.46. The van der Waals surface area contributed by atoms with Crippen LogP contribution in [0.1, 0.15) is 0 Å². The van der Waals surface area contributed by atoms with E-state index in [-0.39, 0.29) is 12.4 Å². The number of anilines is 1. The summed E-state index contributed by atoms with van der Waals surface area (Å²) in [5.41, 5.74) is 0.759. The molecular formula is C8H9Cl3N2. The summed E-state index contributed by atoms with van der Waals surface area (Å²) >= 11 is 11.6. The van der Waals surface area contributed by atoms with Gasteiger partial charge in [0.25, 0.3) is 0 Å².